The summed E-state index contributed by atoms with van der Waals surface area (Å²) in [6.07, 6.45) is 0.962. The third-order valence-electron chi connectivity index (χ3n) is 3.69. The van der Waals surface area contributed by atoms with Gasteiger partial charge < -0.3 is 0 Å². The van der Waals surface area contributed by atoms with Crippen LogP contribution in [0.4, 0.5) is 0 Å². The first-order chi connectivity index (χ1) is 8.55. The van der Waals surface area contributed by atoms with Crippen molar-refractivity contribution in [3.05, 3.63) is 35.4 Å². The Labute approximate surface area is 108 Å². The Bertz CT molecular complexity index is 569. The van der Waals surface area contributed by atoms with Gasteiger partial charge in [0.15, 0.2) is 9.84 Å². The second kappa shape index (κ2) is 4.74. The van der Waals surface area contributed by atoms with Crippen LogP contribution in [0.5, 0.6) is 0 Å². The number of sulfone groups is 1. The molecule has 1 aromatic rings. The van der Waals surface area contributed by atoms with E-state index in [2.05, 4.69) is 13.0 Å². The van der Waals surface area contributed by atoms with Crippen LogP contribution in [0.1, 0.15) is 30.9 Å². The quantitative estimate of drug-likeness (QED) is 0.837. The molecule has 0 spiro atoms. The van der Waals surface area contributed by atoms with Crippen molar-refractivity contribution in [3.8, 4) is 6.07 Å². The topological polar surface area (TPSA) is 57.9 Å². The summed E-state index contributed by atoms with van der Waals surface area (Å²) >= 11 is 0. The molecular formula is C14H17NO2S. The van der Waals surface area contributed by atoms with Gasteiger partial charge in [0.25, 0.3) is 0 Å². The zero-order valence-electron chi connectivity index (χ0n) is 10.6. The standard InChI is InChI=1S/C14H17NO2S/c1-3-10-5-7-11(8-6-10)13-12(9-15)14(13)18(16,17)4-2/h5-8,12-14H,3-4H2,1-2H3/t12-,13-,14-/m1/s1. The van der Waals surface area contributed by atoms with Gasteiger partial charge in [0.2, 0.25) is 0 Å². The van der Waals surface area contributed by atoms with E-state index < -0.39 is 15.1 Å². The van der Waals surface area contributed by atoms with Gasteiger partial charge in [-0.15, -0.1) is 0 Å². The van der Waals surface area contributed by atoms with Crippen molar-refractivity contribution < 1.29 is 8.42 Å². The molecule has 0 radical (unpaired) electrons. The van der Waals surface area contributed by atoms with E-state index in [1.807, 2.05) is 24.3 Å². The maximum atomic E-state index is 11.9. The van der Waals surface area contributed by atoms with Crippen molar-refractivity contribution in [2.24, 2.45) is 5.92 Å². The van der Waals surface area contributed by atoms with Gasteiger partial charge in [0, 0.05) is 11.7 Å². The van der Waals surface area contributed by atoms with Gasteiger partial charge in [-0.2, -0.15) is 5.26 Å². The second-order valence-corrected chi connectivity index (χ2v) is 7.14. The molecule has 0 N–H and O–H groups in total. The largest absolute Gasteiger partial charge is 0.228 e. The van der Waals surface area contributed by atoms with Gasteiger partial charge in [-0.3, -0.25) is 0 Å². The average Bonchev–Trinajstić information content (AvgIpc) is 3.14. The van der Waals surface area contributed by atoms with E-state index >= 15 is 0 Å². The van der Waals surface area contributed by atoms with E-state index in [0.29, 0.717) is 0 Å². The predicted molar refractivity (Wildman–Crippen MR) is 70.9 cm³/mol. The molecule has 1 aromatic carbocycles. The maximum absolute atomic E-state index is 11.9. The van der Waals surface area contributed by atoms with E-state index in [0.717, 1.165) is 12.0 Å². The molecule has 0 aromatic heterocycles. The summed E-state index contributed by atoms with van der Waals surface area (Å²) in [4.78, 5) is 0. The molecule has 4 heteroatoms. The van der Waals surface area contributed by atoms with Gasteiger partial charge >= 0.3 is 0 Å². The SMILES string of the molecule is CCc1ccc([C@@H]2[C@@H](C#N)[C@H]2S(=O)(=O)CC)cc1. The molecule has 1 saturated carbocycles. The Morgan fingerprint density at radius 3 is 2.28 bits per heavy atom. The summed E-state index contributed by atoms with van der Waals surface area (Å²) in [5.41, 5.74) is 2.20. The zero-order chi connectivity index (χ0) is 13.3. The fourth-order valence-corrected chi connectivity index (χ4v) is 4.19. The Morgan fingerprint density at radius 1 is 1.22 bits per heavy atom. The number of hydrogen-bond acceptors (Lipinski definition) is 3. The minimum Gasteiger partial charge on any atom is -0.228 e. The van der Waals surface area contributed by atoms with Crippen LogP contribution in [-0.4, -0.2) is 19.4 Å². The fraction of sp³-hybridized carbons (Fsp3) is 0.500. The number of aryl methyl sites for hydroxylation is 1. The Kier molecular flexibility index (Phi) is 3.45. The molecule has 18 heavy (non-hydrogen) atoms. The van der Waals surface area contributed by atoms with Gasteiger partial charge in [0.1, 0.15) is 0 Å². The van der Waals surface area contributed by atoms with Crippen LogP contribution in [0.25, 0.3) is 0 Å². The number of rotatable bonds is 4. The molecule has 2 rings (SSSR count). The number of hydrogen-bond donors (Lipinski definition) is 0. The molecule has 0 aliphatic heterocycles. The van der Waals surface area contributed by atoms with Crippen LogP contribution in [-0.2, 0) is 16.3 Å². The van der Waals surface area contributed by atoms with Crippen LogP contribution in [0.3, 0.4) is 0 Å². The molecule has 0 saturated heterocycles. The Hall–Kier alpha value is -1.34. The van der Waals surface area contributed by atoms with Gasteiger partial charge in [0.05, 0.1) is 17.2 Å². The molecule has 1 fully saturated rings. The highest BCUT2D eigenvalue weighted by Gasteiger charge is 2.58. The first-order valence-electron chi connectivity index (χ1n) is 6.25. The summed E-state index contributed by atoms with van der Waals surface area (Å²) in [5.74, 6) is -0.396. The van der Waals surface area contributed by atoms with Crippen LogP contribution in [0, 0.1) is 17.2 Å². The molecule has 0 unspecified atom stereocenters. The number of nitrogens with zero attached hydrogens (tertiary/aromatic N) is 1. The molecule has 0 amide bonds. The van der Waals surface area contributed by atoms with E-state index in [1.165, 1.54) is 5.56 Å². The minimum absolute atomic E-state index is 0.111. The van der Waals surface area contributed by atoms with Crippen LogP contribution >= 0.6 is 0 Å². The molecule has 96 valence electrons. The Morgan fingerprint density at radius 2 is 1.83 bits per heavy atom. The third kappa shape index (κ3) is 2.15. The average molecular weight is 263 g/mol. The lowest BCUT2D eigenvalue weighted by Gasteiger charge is -2.02. The Balaban J connectivity index is 2.27. The van der Waals surface area contributed by atoms with Gasteiger partial charge in [-0.25, -0.2) is 8.42 Å². The van der Waals surface area contributed by atoms with E-state index in [-0.39, 0.29) is 17.6 Å². The predicted octanol–water partition coefficient (Wildman–Crippen LogP) is 2.29. The van der Waals surface area contributed by atoms with Crippen molar-refractivity contribution in [2.75, 3.05) is 5.75 Å². The molecule has 3 atom stereocenters. The summed E-state index contributed by atoms with van der Waals surface area (Å²) in [6, 6.07) is 10.1. The minimum atomic E-state index is -3.12. The molecule has 0 bridgehead atoms. The number of benzene rings is 1. The van der Waals surface area contributed by atoms with Crippen molar-refractivity contribution >= 4 is 9.84 Å². The van der Waals surface area contributed by atoms with Crippen LogP contribution in [0.2, 0.25) is 0 Å². The van der Waals surface area contributed by atoms with Gasteiger partial charge in [-0.1, -0.05) is 38.1 Å². The summed E-state index contributed by atoms with van der Waals surface area (Å²) in [7, 11) is -3.12. The van der Waals surface area contributed by atoms with Crippen molar-refractivity contribution in [3.63, 3.8) is 0 Å². The summed E-state index contributed by atoms with van der Waals surface area (Å²) < 4.78 is 23.8. The van der Waals surface area contributed by atoms with Crippen molar-refractivity contribution in [1.82, 2.24) is 0 Å². The highest BCUT2D eigenvalue weighted by Crippen LogP contribution is 2.52. The highest BCUT2D eigenvalue weighted by atomic mass is 32.2. The van der Waals surface area contributed by atoms with Crippen molar-refractivity contribution in [2.45, 2.75) is 31.4 Å². The lowest BCUT2D eigenvalue weighted by atomic mass is 10.1. The molecule has 1 aliphatic carbocycles. The first-order valence-corrected chi connectivity index (χ1v) is 7.96. The summed E-state index contributed by atoms with van der Waals surface area (Å²) in [5, 5.41) is 8.55. The molecule has 1 aliphatic rings. The lowest BCUT2D eigenvalue weighted by Crippen LogP contribution is -2.12. The molecular weight excluding hydrogens is 246 g/mol. The normalized spacial score (nSPS) is 26.6. The van der Waals surface area contributed by atoms with Gasteiger partial charge in [-0.05, 0) is 17.5 Å². The second-order valence-electron chi connectivity index (χ2n) is 4.69. The number of nitriles is 1. The fourth-order valence-electron chi connectivity index (χ4n) is 2.45. The van der Waals surface area contributed by atoms with E-state index in [1.54, 1.807) is 6.92 Å². The molecule has 3 nitrogen and oxygen atoms in total. The van der Waals surface area contributed by atoms with E-state index in [4.69, 9.17) is 5.26 Å². The smallest absolute Gasteiger partial charge is 0.154 e. The first kappa shape index (κ1) is 13.1. The lowest BCUT2D eigenvalue weighted by molar-refractivity contribution is 0.594. The maximum Gasteiger partial charge on any atom is 0.154 e. The third-order valence-corrected chi connectivity index (χ3v) is 5.91. The van der Waals surface area contributed by atoms with Crippen LogP contribution < -0.4 is 0 Å². The molecule has 0 heterocycles. The van der Waals surface area contributed by atoms with E-state index in [9.17, 15) is 8.42 Å². The zero-order valence-corrected chi connectivity index (χ0v) is 11.4. The monoisotopic (exact) mass is 263 g/mol. The highest BCUT2D eigenvalue weighted by molar-refractivity contribution is 7.92. The van der Waals surface area contributed by atoms with Crippen molar-refractivity contribution in [1.29, 1.82) is 5.26 Å². The van der Waals surface area contributed by atoms with Crippen LogP contribution in [0.15, 0.2) is 24.3 Å². The summed E-state index contributed by atoms with van der Waals surface area (Å²) in [6.45, 7) is 3.72.